The molecule has 0 bridgehead atoms. The number of hydrogen-bond acceptors (Lipinski definition) is 3. The van der Waals surface area contributed by atoms with Crippen LogP contribution >= 0.6 is 0 Å². The highest BCUT2D eigenvalue weighted by molar-refractivity contribution is 5.44. The number of aromatic amines is 1. The predicted molar refractivity (Wildman–Crippen MR) is 65.1 cm³/mol. The van der Waals surface area contributed by atoms with E-state index in [1.165, 1.54) is 0 Å². The van der Waals surface area contributed by atoms with E-state index in [0.717, 1.165) is 11.3 Å². The van der Waals surface area contributed by atoms with Gasteiger partial charge in [0, 0.05) is 11.9 Å². The van der Waals surface area contributed by atoms with Crippen molar-refractivity contribution in [2.75, 3.05) is 6.61 Å². The number of imidazole rings is 1. The molecule has 1 aromatic carbocycles. The van der Waals surface area contributed by atoms with E-state index < -0.39 is 6.04 Å². The molecule has 0 amide bonds. The van der Waals surface area contributed by atoms with Crippen LogP contribution in [0.5, 0.6) is 0 Å². The van der Waals surface area contributed by atoms with Crippen molar-refractivity contribution in [2.45, 2.75) is 13.0 Å². The number of rotatable bonds is 3. The summed E-state index contributed by atoms with van der Waals surface area (Å²) in [5.41, 5.74) is 7.87. The number of H-pyrrole nitrogens is 1. The number of aryl methyl sites for hydroxylation is 1. The van der Waals surface area contributed by atoms with Crippen LogP contribution in [0.25, 0.3) is 5.69 Å². The van der Waals surface area contributed by atoms with E-state index in [1.807, 2.05) is 31.2 Å². The second-order valence-corrected chi connectivity index (χ2v) is 3.92. The highest BCUT2D eigenvalue weighted by Gasteiger charge is 2.13. The second-order valence-electron chi connectivity index (χ2n) is 3.92. The quantitative estimate of drug-likeness (QED) is 0.720. The van der Waals surface area contributed by atoms with Crippen molar-refractivity contribution in [3.05, 3.63) is 52.2 Å². The Labute approximate surface area is 98.5 Å². The maximum atomic E-state index is 11.7. The summed E-state index contributed by atoms with van der Waals surface area (Å²) in [5, 5.41) is 9.13. The van der Waals surface area contributed by atoms with Crippen LogP contribution < -0.4 is 11.4 Å². The SMILES string of the molecule is Cc1c[nH]c(=O)n1-c1ccccc1C(N)CO. The third-order valence-electron chi connectivity index (χ3n) is 2.73. The Bertz CT molecular complexity index is 571. The first-order valence-corrected chi connectivity index (χ1v) is 5.38. The van der Waals surface area contributed by atoms with E-state index >= 15 is 0 Å². The zero-order valence-corrected chi connectivity index (χ0v) is 9.55. The number of nitrogens with two attached hydrogens (primary N) is 1. The highest BCUT2D eigenvalue weighted by Crippen LogP contribution is 2.19. The number of aromatic nitrogens is 2. The molecule has 4 N–H and O–H groups in total. The molecule has 0 aliphatic carbocycles. The number of hydrogen-bond donors (Lipinski definition) is 3. The lowest BCUT2D eigenvalue weighted by atomic mass is 10.1. The molecule has 0 aliphatic rings. The summed E-state index contributed by atoms with van der Waals surface area (Å²) in [6.07, 6.45) is 1.64. The van der Waals surface area contributed by atoms with E-state index in [9.17, 15) is 4.79 Å². The molecule has 0 aliphatic heterocycles. The normalized spacial score (nSPS) is 12.6. The largest absolute Gasteiger partial charge is 0.394 e. The monoisotopic (exact) mass is 233 g/mol. The van der Waals surface area contributed by atoms with Crippen molar-refractivity contribution in [1.29, 1.82) is 0 Å². The molecule has 2 rings (SSSR count). The van der Waals surface area contributed by atoms with E-state index in [-0.39, 0.29) is 12.3 Å². The lowest BCUT2D eigenvalue weighted by molar-refractivity contribution is 0.268. The molecule has 0 saturated heterocycles. The summed E-state index contributed by atoms with van der Waals surface area (Å²) in [6, 6.07) is 6.80. The molecule has 1 unspecified atom stereocenters. The lowest BCUT2D eigenvalue weighted by Gasteiger charge is -2.15. The molecule has 0 spiro atoms. The first kappa shape index (κ1) is 11.6. The fourth-order valence-electron chi connectivity index (χ4n) is 1.86. The van der Waals surface area contributed by atoms with Crippen LogP contribution in [0.4, 0.5) is 0 Å². The standard InChI is InChI=1S/C12H15N3O2/c1-8-6-14-12(17)15(8)11-5-3-2-4-9(11)10(13)7-16/h2-6,10,16H,7,13H2,1H3,(H,14,17). The Hall–Kier alpha value is -1.85. The van der Waals surface area contributed by atoms with E-state index in [1.54, 1.807) is 10.8 Å². The summed E-state index contributed by atoms with van der Waals surface area (Å²) >= 11 is 0. The molecule has 1 heterocycles. The molecule has 0 saturated carbocycles. The van der Waals surface area contributed by atoms with Crippen LogP contribution in [0.15, 0.2) is 35.3 Å². The lowest BCUT2D eigenvalue weighted by Crippen LogP contribution is -2.22. The molecule has 1 aromatic heterocycles. The Morgan fingerprint density at radius 2 is 2.18 bits per heavy atom. The van der Waals surface area contributed by atoms with Gasteiger partial charge in [0.25, 0.3) is 0 Å². The van der Waals surface area contributed by atoms with Crippen molar-refractivity contribution in [3.63, 3.8) is 0 Å². The molecular weight excluding hydrogens is 218 g/mol. The van der Waals surface area contributed by atoms with E-state index in [4.69, 9.17) is 10.8 Å². The van der Waals surface area contributed by atoms with Gasteiger partial charge < -0.3 is 15.8 Å². The topological polar surface area (TPSA) is 84.0 Å². The van der Waals surface area contributed by atoms with Crippen molar-refractivity contribution in [3.8, 4) is 5.69 Å². The average molecular weight is 233 g/mol. The average Bonchev–Trinajstić information content (AvgIpc) is 2.68. The van der Waals surface area contributed by atoms with Gasteiger partial charge in [-0.1, -0.05) is 18.2 Å². The first-order chi connectivity index (χ1) is 8.15. The molecule has 1 atom stereocenters. The third-order valence-corrected chi connectivity index (χ3v) is 2.73. The van der Waals surface area contributed by atoms with Crippen LogP contribution in [0, 0.1) is 6.92 Å². The van der Waals surface area contributed by atoms with Gasteiger partial charge in [-0.15, -0.1) is 0 Å². The number of aliphatic hydroxyl groups excluding tert-OH is 1. The van der Waals surface area contributed by atoms with Gasteiger partial charge >= 0.3 is 5.69 Å². The summed E-state index contributed by atoms with van der Waals surface area (Å²) < 4.78 is 1.55. The van der Waals surface area contributed by atoms with Crippen LogP contribution in [0.2, 0.25) is 0 Å². The molecule has 0 radical (unpaired) electrons. The van der Waals surface area contributed by atoms with Gasteiger partial charge in [-0.3, -0.25) is 4.57 Å². The fraction of sp³-hybridized carbons (Fsp3) is 0.250. The number of para-hydroxylation sites is 1. The van der Waals surface area contributed by atoms with Crippen LogP contribution in [-0.4, -0.2) is 21.3 Å². The summed E-state index contributed by atoms with van der Waals surface area (Å²) in [4.78, 5) is 14.3. The second kappa shape index (κ2) is 4.57. The molecule has 5 heteroatoms. The molecule has 5 nitrogen and oxygen atoms in total. The van der Waals surface area contributed by atoms with Crippen molar-refractivity contribution < 1.29 is 5.11 Å². The smallest absolute Gasteiger partial charge is 0.330 e. The number of aliphatic hydroxyl groups is 1. The van der Waals surface area contributed by atoms with Crippen LogP contribution in [0.1, 0.15) is 17.3 Å². The van der Waals surface area contributed by atoms with Gasteiger partial charge in [0.1, 0.15) is 0 Å². The van der Waals surface area contributed by atoms with Crippen LogP contribution in [-0.2, 0) is 0 Å². The van der Waals surface area contributed by atoms with Crippen molar-refractivity contribution in [2.24, 2.45) is 5.73 Å². The minimum atomic E-state index is -0.493. The van der Waals surface area contributed by atoms with Gasteiger partial charge in [0.2, 0.25) is 0 Å². The first-order valence-electron chi connectivity index (χ1n) is 5.38. The Balaban J connectivity index is 2.64. The highest BCUT2D eigenvalue weighted by atomic mass is 16.3. The van der Waals surface area contributed by atoms with Crippen molar-refractivity contribution in [1.82, 2.24) is 9.55 Å². The Kier molecular flexibility index (Phi) is 3.12. The van der Waals surface area contributed by atoms with Crippen LogP contribution in [0.3, 0.4) is 0 Å². The summed E-state index contributed by atoms with van der Waals surface area (Å²) in [7, 11) is 0. The number of nitrogens with one attached hydrogen (secondary N) is 1. The predicted octanol–water partition coefficient (Wildman–Crippen LogP) is 0.466. The Morgan fingerprint density at radius 3 is 2.76 bits per heavy atom. The molecule has 2 aromatic rings. The van der Waals surface area contributed by atoms with Gasteiger partial charge in [-0.05, 0) is 18.6 Å². The van der Waals surface area contributed by atoms with E-state index in [0.29, 0.717) is 5.69 Å². The Morgan fingerprint density at radius 1 is 1.47 bits per heavy atom. The summed E-state index contributed by atoms with van der Waals surface area (Å²) in [5.74, 6) is 0. The maximum Gasteiger partial charge on any atom is 0.330 e. The molecule has 17 heavy (non-hydrogen) atoms. The molecular formula is C12H15N3O2. The van der Waals surface area contributed by atoms with Gasteiger partial charge in [0.15, 0.2) is 0 Å². The minimum absolute atomic E-state index is 0.158. The van der Waals surface area contributed by atoms with Gasteiger partial charge in [-0.2, -0.15) is 0 Å². The maximum absolute atomic E-state index is 11.7. The fourth-order valence-corrected chi connectivity index (χ4v) is 1.86. The third kappa shape index (κ3) is 2.02. The van der Waals surface area contributed by atoms with Crippen molar-refractivity contribution >= 4 is 0 Å². The molecule has 90 valence electrons. The van der Waals surface area contributed by atoms with E-state index in [2.05, 4.69) is 4.98 Å². The number of nitrogens with zero attached hydrogens (tertiary/aromatic N) is 1. The van der Waals surface area contributed by atoms with Gasteiger partial charge in [0.05, 0.1) is 18.3 Å². The molecule has 0 fully saturated rings. The zero-order valence-electron chi connectivity index (χ0n) is 9.55. The zero-order chi connectivity index (χ0) is 12.4. The number of benzene rings is 1. The summed E-state index contributed by atoms with van der Waals surface area (Å²) in [6.45, 7) is 1.67. The minimum Gasteiger partial charge on any atom is -0.394 e. The van der Waals surface area contributed by atoms with Gasteiger partial charge in [-0.25, -0.2) is 4.79 Å².